The number of aryl methyl sites for hydroxylation is 2. The maximum absolute atomic E-state index is 12.9. The van der Waals surface area contributed by atoms with E-state index in [0.717, 1.165) is 22.0 Å². The highest BCUT2D eigenvalue weighted by molar-refractivity contribution is 7.89. The van der Waals surface area contributed by atoms with Crippen molar-refractivity contribution in [3.63, 3.8) is 0 Å². The molecule has 4 aromatic rings. The van der Waals surface area contributed by atoms with E-state index in [1.165, 1.54) is 0 Å². The highest BCUT2D eigenvalue weighted by atomic mass is 32.2. The summed E-state index contributed by atoms with van der Waals surface area (Å²) < 4.78 is 33.5. The maximum Gasteiger partial charge on any atom is 0.245 e. The average molecular weight is 396 g/mol. The minimum absolute atomic E-state index is 0.0939. The van der Waals surface area contributed by atoms with Crippen LogP contribution in [0.15, 0.2) is 64.4 Å². The van der Waals surface area contributed by atoms with Crippen LogP contribution in [0, 0.1) is 13.8 Å². The molecule has 0 saturated carbocycles. The number of nitrogens with one attached hydrogen (secondary N) is 2. The number of hydrogen-bond acceptors (Lipinski definition) is 5. The van der Waals surface area contributed by atoms with Crippen molar-refractivity contribution in [3.05, 3.63) is 77.6 Å². The third-order valence-electron chi connectivity index (χ3n) is 4.80. The molecule has 0 aliphatic carbocycles. The van der Waals surface area contributed by atoms with Crippen molar-refractivity contribution in [1.29, 1.82) is 0 Å². The monoisotopic (exact) mass is 396 g/mol. The van der Waals surface area contributed by atoms with E-state index < -0.39 is 10.0 Å². The van der Waals surface area contributed by atoms with Crippen LogP contribution < -0.4 is 4.72 Å². The van der Waals surface area contributed by atoms with E-state index in [1.807, 2.05) is 42.6 Å². The van der Waals surface area contributed by atoms with Gasteiger partial charge in [-0.2, -0.15) is 0 Å². The first-order valence-corrected chi connectivity index (χ1v) is 10.3. The number of fused-ring (bicyclic) bond motifs is 1. The number of pyridine rings is 1. The summed E-state index contributed by atoms with van der Waals surface area (Å²) in [5.74, 6) is 0.0649. The van der Waals surface area contributed by atoms with Gasteiger partial charge in [0.05, 0.1) is 0 Å². The third-order valence-corrected chi connectivity index (χ3v) is 6.46. The molecule has 3 heterocycles. The summed E-state index contributed by atoms with van der Waals surface area (Å²) in [6.07, 6.45) is 5.38. The van der Waals surface area contributed by atoms with Gasteiger partial charge in [0.1, 0.15) is 10.6 Å². The predicted molar refractivity (Wildman–Crippen MR) is 106 cm³/mol. The van der Waals surface area contributed by atoms with E-state index in [0.29, 0.717) is 5.69 Å². The molecule has 0 fully saturated rings. The lowest BCUT2D eigenvalue weighted by molar-refractivity contribution is 0.390. The second kappa shape index (κ2) is 7.21. The molecule has 0 aliphatic rings. The number of aromatic nitrogens is 3. The summed E-state index contributed by atoms with van der Waals surface area (Å²) in [6, 6.07) is 11.7. The number of rotatable bonds is 6. The molecule has 3 aromatic heterocycles. The van der Waals surface area contributed by atoms with Crippen LogP contribution in [0.1, 0.15) is 28.5 Å². The lowest BCUT2D eigenvalue weighted by Crippen LogP contribution is -2.29. The van der Waals surface area contributed by atoms with E-state index in [1.54, 1.807) is 26.2 Å². The summed E-state index contributed by atoms with van der Waals surface area (Å²) >= 11 is 0. The Morgan fingerprint density at radius 2 is 2.00 bits per heavy atom. The van der Waals surface area contributed by atoms with Crippen molar-refractivity contribution in [2.75, 3.05) is 6.54 Å². The van der Waals surface area contributed by atoms with Crippen molar-refractivity contribution >= 4 is 20.9 Å². The maximum atomic E-state index is 12.9. The number of H-pyrrole nitrogens is 1. The van der Waals surface area contributed by atoms with Gasteiger partial charge in [-0.05, 0) is 37.1 Å². The van der Waals surface area contributed by atoms with Crippen molar-refractivity contribution < 1.29 is 12.9 Å². The molecule has 0 radical (unpaired) electrons. The molecular weight excluding hydrogens is 376 g/mol. The van der Waals surface area contributed by atoms with Gasteiger partial charge in [-0.25, -0.2) is 13.1 Å². The minimum Gasteiger partial charge on any atom is -0.361 e. The Balaban J connectivity index is 1.72. The molecule has 0 saturated heterocycles. The van der Waals surface area contributed by atoms with Gasteiger partial charge >= 0.3 is 0 Å². The lowest BCUT2D eigenvalue weighted by atomic mass is 9.92. The number of hydrogen-bond donors (Lipinski definition) is 2. The predicted octanol–water partition coefficient (Wildman–Crippen LogP) is 3.28. The zero-order valence-corrected chi connectivity index (χ0v) is 16.3. The molecule has 28 heavy (non-hydrogen) atoms. The van der Waals surface area contributed by atoms with E-state index in [-0.39, 0.29) is 23.1 Å². The van der Waals surface area contributed by atoms with Crippen LogP contribution in [0.2, 0.25) is 0 Å². The molecule has 1 unspecified atom stereocenters. The van der Waals surface area contributed by atoms with Gasteiger partial charge in [-0.15, -0.1) is 0 Å². The van der Waals surface area contributed by atoms with E-state index in [9.17, 15) is 8.42 Å². The first-order chi connectivity index (χ1) is 13.5. The molecule has 7 nitrogen and oxygen atoms in total. The molecule has 8 heteroatoms. The van der Waals surface area contributed by atoms with Gasteiger partial charge < -0.3 is 9.51 Å². The first kappa shape index (κ1) is 18.4. The summed E-state index contributed by atoms with van der Waals surface area (Å²) in [5.41, 5.74) is 3.27. The number of benzene rings is 1. The van der Waals surface area contributed by atoms with Crippen LogP contribution in [-0.4, -0.2) is 30.1 Å². The van der Waals surface area contributed by atoms with Gasteiger partial charge in [-0.3, -0.25) is 4.98 Å². The van der Waals surface area contributed by atoms with E-state index in [2.05, 4.69) is 19.8 Å². The molecule has 4 rings (SSSR count). The summed E-state index contributed by atoms with van der Waals surface area (Å²) in [6.45, 7) is 3.39. The quantitative estimate of drug-likeness (QED) is 0.521. The number of para-hydroxylation sites is 1. The molecule has 144 valence electrons. The van der Waals surface area contributed by atoms with Gasteiger partial charge in [0.25, 0.3) is 0 Å². The fourth-order valence-electron chi connectivity index (χ4n) is 3.50. The third kappa shape index (κ3) is 3.32. The Morgan fingerprint density at radius 1 is 1.18 bits per heavy atom. The van der Waals surface area contributed by atoms with Crippen molar-refractivity contribution in [2.45, 2.75) is 24.7 Å². The summed E-state index contributed by atoms with van der Waals surface area (Å²) in [7, 11) is -3.76. The van der Waals surface area contributed by atoms with Crippen LogP contribution in [0.25, 0.3) is 10.9 Å². The molecule has 0 spiro atoms. The summed E-state index contributed by atoms with van der Waals surface area (Å²) in [5, 5.41) is 4.80. The lowest BCUT2D eigenvalue weighted by Gasteiger charge is -2.18. The van der Waals surface area contributed by atoms with E-state index in [4.69, 9.17) is 4.52 Å². The molecular formula is C20H20N4O3S. The normalized spacial score (nSPS) is 13.1. The fourth-order valence-corrected chi connectivity index (χ4v) is 4.87. The highest BCUT2D eigenvalue weighted by Gasteiger charge is 2.26. The largest absolute Gasteiger partial charge is 0.361 e. The van der Waals surface area contributed by atoms with Crippen LogP contribution in [-0.2, 0) is 10.0 Å². The molecule has 2 N–H and O–H groups in total. The van der Waals surface area contributed by atoms with Crippen LogP contribution in [0.5, 0.6) is 0 Å². The SMILES string of the molecule is Cc1noc(C)c1S(=O)(=O)NCC(c1cccnc1)c1c[nH]c2ccccc12. The Bertz CT molecular complexity index is 1190. The van der Waals surface area contributed by atoms with Gasteiger partial charge in [-0.1, -0.05) is 29.4 Å². The van der Waals surface area contributed by atoms with E-state index >= 15 is 0 Å². The zero-order chi connectivity index (χ0) is 19.7. The second-order valence-corrected chi connectivity index (χ2v) is 8.34. The van der Waals surface area contributed by atoms with Crippen LogP contribution in [0.3, 0.4) is 0 Å². The Labute approximate surface area is 162 Å². The van der Waals surface area contributed by atoms with Gasteiger partial charge in [0.2, 0.25) is 10.0 Å². The van der Waals surface area contributed by atoms with Crippen molar-refractivity contribution in [3.8, 4) is 0 Å². The number of sulfonamides is 1. The highest BCUT2D eigenvalue weighted by Crippen LogP contribution is 2.30. The number of nitrogens with zero attached hydrogens (tertiary/aromatic N) is 2. The molecule has 1 atom stereocenters. The first-order valence-electron chi connectivity index (χ1n) is 8.86. The van der Waals surface area contributed by atoms with Gasteiger partial charge in [0, 0.05) is 42.0 Å². The second-order valence-electron chi connectivity index (χ2n) is 6.63. The Morgan fingerprint density at radius 3 is 2.71 bits per heavy atom. The van der Waals surface area contributed by atoms with Crippen LogP contribution >= 0.6 is 0 Å². The topological polar surface area (TPSA) is 101 Å². The Hall–Kier alpha value is -2.97. The molecule has 1 aromatic carbocycles. The zero-order valence-electron chi connectivity index (χ0n) is 15.5. The number of aromatic amines is 1. The van der Waals surface area contributed by atoms with Crippen molar-refractivity contribution in [1.82, 2.24) is 19.8 Å². The fraction of sp³-hybridized carbons (Fsp3) is 0.200. The van der Waals surface area contributed by atoms with Crippen molar-refractivity contribution in [2.24, 2.45) is 0 Å². The smallest absolute Gasteiger partial charge is 0.245 e. The molecule has 0 aliphatic heterocycles. The average Bonchev–Trinajstić information content (AvgIpc) is 3.26. The molecule has 0 bridgehead atoms. The van der Waals surface area contributed by atoms with Gasteiger partial charge in [0.15, 0.2) is 5.76 Å². The molecule has 0 amide bonds. The summed E-state index contributed by atoms with van der Waals surface area (Å²) in [4.78, 5) is 7.56. The Kier molecular flexibility index (Phi) is 4.74. The van der Waals surface area contributed by atoms with Crippen LogP contribution in [0.4, 0.5) is 0 Å². The standard InChI is InChI=1S/C20H20N4O3S/c1-13-20(14(2)27-24-13)28(25,26)23-12-17(15-6-5-9-21-10-15)18-11-22-19-8-4-3-7-16(18)19/h3-11,17,22-23H,12H2,1-2H3. The minimum atomic E-state index is -3.76.